The quantitative estimate of drug-likeness (QED) is 0.822. The minimum absolute atomic E-state index is 0.0190. The van der Waals surface area contributed by atoms with Crippen molar-refractivity contribution in [1.82, 2.24) is 4.90 Å². The van der Waals surface area contributed by atoms with E-state index >= 15 is 0 Å². The average Bonchev–Trinajstić information content (AvgIpc) is 2.52. The maximum absolute atomic E-state index is 12.1. The highest BCUT2D eigenvalue weighted by atomic mass is 16.5. The van der Waals surface area contributed by atoms with E-state index in [1.165, 1.54) is 11.1 Å². The molecule has 1 atom stereocenters. The molecule has 0 radical (unpaired) electrons. The number of rotatable bonds is 5. The van der Waals surface area contributed by atoms with Gasteiger partial charge in [-0.1, -0.05) is 51.5 Å². The van der Waals surface area contributed by atoms with Crippen molar-refractivity contribution < 1.29 is 9.53 Å². The number of morpholine rings is 1. The fraction of sp³-hybridized carbons (Fsp3) is 0.611. The van der Waals surface area contributed by atoms with Crippen molar-refractivity contribution in [3.8, 4) is 0 Å². The molecule has 116 valence electrons. The first-order valence-corrected chi connectivity index (χ1v) is 8.11. The SMILES string of the molecule is CCCCC(=O)N1CCOC(c2ccc(C(C)C)cc2)C1. The van der Waals surface area contributed by atoms with E-state index in [2.05, 4.69) is 45.0 Å². The van der Waals surface area contributed by atoms with Crippen LogP contribution >= 0.6 is 0 Å². The highest BCUT2D eigenvalue weighted by Crippen LogP contribution is 2.24. The van der Waals surface area contributed by atoms with Gasteiger partial charge < -0.3 is 9.64 Å². The number of hydrogen-bond donors (Lipinski definition) is 0. The summed E-state index contributed by atoms with van der Waals surface area (Å²) >= 11 is 0. The van der Waals surface area contributed by atoms with E-state index in [1.807, 2.05) is 4.90 Å². The molecule has 1 fully saturated rings. The summed E-state index contributed by atoms with van der Waals surface area (Å²) in [7, 11) is 0. The third kappa shape index (κ3) is 4.31. The molecule has 1 aromatic rings. The second kappa shape index (κ2) is 7.60. The molecule has 2 rings (SSSR count). The standard InChI is InChI=1S/C18H27NO2/c1-4-5-6-18(20)19-11-12-21-17(13-19)16-9-7-15(8-10-16)14(2)3/h7-10,14,17H,4-6,11-13H2,1-3H3. The van der Waals surface area contributed by atoms with Gasteiger partial charge in [0.2, 0.25) is 5.91 Å². The van der Waals surface area contributed by atoms with Gasteiger partial charge in [-0.25, -0.2) is 0 Å². The fourth-order valence-electron chi connectivity index (χ4n) is 2.66. The molecule has 21 heavy (non-hydrogen) atoms. The lowest BCUT2D eigenvalue weighted by Gasteiger charge is -2.33. The number of hydrogen-bond acceptors (Lipinski definition) is 2. The Bertz CT molecular complexity index is 453. The van der Waals surface area contributed by atoms with E-state index in [-0.39, 0.29) is 12.0 Å². The number of unbranched alkanes of at least 4 members (excludes halogenated alkanes) is 1. The van der Waals surface area contributed by atoms with Gasteiger partial charge in [0.15, 0.2) is 0 Å². The lowest BCUT2D eigenvalue weighted by molar-refractivity contribution is -0.139. The molecule has 1 aliphatic rings. The van der Waals surface area contributed by atoms with E-state index < -0.39 is 0 Å². The zero-order chi connectivity index (χ0) is 15.2. The lowest BCUT2D eigenvalue weighted by Crippen LogP contribution is -2.42. The molecular formula is C18H27NO2. The van der Waals surface area contributed by atoms with Gasteiger partial charge in [-0.2, -0.15) is 0 Å². The number of amides is 1. The molecule has 0 spiro atoms. The van der Waals surface area contributed by atoms with E-state index in [0.29, 0.717) is 25.5 Å². The third-order valence-electron chi connectivity index (χ3n) is 4.14. The Labute approximate surface area is 128 Å². The molecule has 0 saturated carbocycles. The fourth-order valence-corrected chi connectivity index (χ4v) is 2.66. The van der Waals surface area contributed by atoms with E-state index in [1.54, 1.807) is 0 Å². The smallest absolute Gasteiger partial charge is 0.222 e. The van der Waals surface area contributed by atoms with Crippen LogP contribution in [-0.4, -0.2) is 30.5 Å². The molecule has 0 bridgehead atoms. The van der Waals surface area contributed by atoms with Gasteiger partial charge in [0.05, 0.1) is 13.2 Å². The van der Waals surface area contributed by atoms with Crippen molar-refractivity contribution in [2.75, 3.05) is 19.7 Å². The van der Waals surface area contributed by atoms with Crippen LogP contribution in [0.2, 0.25) is 0 Å². The highest BCUT2D eigenvalue weighted by molar-refractivity contribution is 5.76. The molecule has 0 aliphatic carbocycles. The molecule has 1 amide bonds. The van der Waals surface area contributed by atoms with Gasteiger partial charge in [-0.3, -0.25) is 4.79 Å². The van der Waals surface area contributed by atoms with Gasteiger partial charge in [0.25, 0.3) is 0 Å². The molecule has 0 N–H and O–H groups in total. The first kappa shape index (κ1) is 16.0. The molecule has 3 heteroatoms. The minimum atomic E-state index is 0.0190. The Kier molecular flexibility index (Phi) is 5.80. The van der Waals surface area contributed by atoms with Crippen molar-refractivity contribution in [1.29, 1.82) is 0 Å². The second-order valence-corrected chi connectivity index (χ2v) is 6.12. The maximum atomic E-state index is 12.1. The Morgan fingerprint density at radius 3 is 2.67 bits per heavy atom. The number of carbonyl (C=O) groups is 1. The summed E-state index contributed by atoms with van der Waals surface area (Å²) in [4.78, 5) is 14.1. The monoisotopic (exact) mass is 289 g/mol. The normalized spacial score (nSPS) is 19.0. The number of nitrogens with zero attached hydrogens (tertiary/aromatic N) is 1. The van der Waals surface area contributed by atoms with Crippen LogP contribution < -0.4 is 0 Å². The summed E-state index contributed by atoms with van der Waals surface area (Å²) in [6.07, 6.45) is 2.72. The van der Waals surface area contributed by atoms with Crippen LogP contribution in [0.1, 0.15) is 63.2 Å². The molecule has 1 heterocycles. The molecule has 1 saturated heterocycles. The van der Waals surface area contributed by atoms with Crippen LogP contribution in [0, 0.1) is 0 Å². The van der Waals surface area contributed by atoms with E-state index in [4.69, 9.17) is 4.74 Å². The lowest BCUT2D eigenvalue weighted by atomic mass is 9.99. The summed E-state index contributed by atoms with van der Waals surface area (Å²) in [6, 6.07) is 8.61. The molecule has 3 nitrogen and oxygen atoms in total. The second-order valence-electron chi connectivity index (χ2n) is 6.12. The first-order chi connectivity index (χ1) is 10.1. The van der Waals surface area contributed by atoms with Crippen LogP contribution in [0.25, 0.3) is 0 Å². The molecule has 1 unspecified atom stereocenters. The van der Waals surface area contributed by atoms with Crippen molar-refractivity contribution in [2.45, 2.75) is 52.1 Å². The summed E-state index contributed by atoms with van der Waals surface area (Å²) in [6.45, 7) is 8.55. The summed E-state index contributed by atoms with van der Waals surface area (Å²) in [5.74, 6) is 0.808. The zero-order valence-electron chi connectivity index (χ0n) is 13.5. The Hall–Kier alpha value is -1.35. The van der Waals surface area contributed by atoms with Crippen molar-refractivity contribution in [3.63, 3.8) is 0 Å². The highest BCUT2D eigenvalue weighted by Gasteiger charge is 2.24. The molecule has 0 aromatic heterocycles. The van der Waals surface area contributed by atoms with Crippen LogP contribution in [0.4, 0.5) is 0 Å². The van der Waals surface area contributed by atoms with E-state index in [0.717, 1.165) is 19.4 Å². The van der Waals surface area contributed by atoms with Crippen molar-refractivity contribution >= 4 is 5.91 Å². The van der Waals surface area contributed by atoms with Crippen LogP contribution in [0.15, 0.2) is 24.3 Å². The summed E-state index contributed by atoms with van der Waals surface area (Å²) < 4.78 is 5.86. The summed E-state index contributed by atoms with van der Waals surface area (Å²) in [5, 5.41) is 0. The Morgan fingerprint density at radius 2 is 2.05 bits per heavy atom. The number of carbonyl (C=O) groups excluding carboxylic acids is 1. The van der Waals surface area contributed by atoms with Gasteiger partial charge in [0, 0.05) is 13.0 Å². The Morgan fingerprint density at radius 1 is 1.33 bits per heavy atom. The Balaban J connectivity index is 1.98. The largest absolute Gasteiger partial charge is 0.370 e. The van der Waals surface area contributed by atoms with Crippen LogP contribution in [-0.2, 0) is 9.53 Å². The first-order valence-electron chi connectivity index (χ1n) is 8.11. The van der Waals surface area contributed by atoms with Crippen molar-refractivity contribution in [3.05, 3.63) is 35.4 Å². The van der Waals surface area contributed by atoms with Crippen LogP contribution in [0.3, 0.4) is 0 Å². The van der Waals surface area contributed by atoms with Crippen molar-refractivity contribution in [2.24, 2.45) is 0 Å². The zero-order valence-corrected chi connectivity index (χ0v) is 13.5. The minimum Gasteiger partial charge on any atom is -0.370 e. The van der Waals surface area contributed by atoms with Gasteiger partial charge in [0.1, 0.15) is 6.10 Å². The number of ether oxygens (including phenoxy) is 1. The molecular weight excluding hydrogens is 262 g/mol. The third-order valence-corrected chi connectivity index (χ3v) is 4.14. The van der Waals surface area contributed by atoms with E-state index in [9.17, 15) is 4.79 Å². The maximum Gasteiger partial charge on any atom is 0.222 e. The predicted molar refractivity (Wildman–Crippen MR) is 85.3 cm³/mol. The average molecular weight is 289 g/mol. The van der Waals surface area contributed by atoms with Gasteiger partial charge in [-0.15, -0.1) is 0 Å². The van der Waals surface area contributed by atoms with Crippen LogP contribution in [0.5, 0.6) is 0 Å². The number of benzene rings is 1. The predicted octanol–water partition coefficient (Wildman–Crippen LogP) is 3.90. The molecule has 1 aliphatic heterocycles. The molecule has 1 aromatic carbocycles. The van der Waals surface area contributed by atoms with Gasteiger partial charge >= 0.3 is 0 Å². The summed E-state index contributed by atoms with van der Waals surface area (Å²) in [5.41, 5.74) is 2.51. The topological polar surface area (TPSA) is 29.5 Å². The van der Waals surface area contributed by atoms with Gasteiger partial charge in [-0.05, 0) is 23.5 Å².